The van der Waals surface area contributed by atoms with E-state index in [0.29, 0.717) is 23.8 Å². The Morgan fingerprint density at radius 3 is 2.81 bits per heavy atom. The number of nitrogens with zero attached hydrogens (tertiary/aromatic N) is 1. The topological polar surface area (TPSA) is 41.6 Å². The van der Waals surface area contributed by atoms with Gasteiger partial charge in [0.15, 0.2) is 0 Å². The molecule has 4 nitrogen and oxygen atoms in total. The van der Waals surface area contributed by atoms with Crippen LogP contribution in [-0.2, 0) is 4.74 Å². The third-order valence-corrected chi connectivity index (χ3v) is 3.37. The van der Waals surface area contributed by atoms with Crippen LogP contribution in [0.1, 0.15) is 27.2 Å². The molecule has 0 aromatic heterocycles. The maximum Gasteiger partial charge on any atom is 0.410 e. The second kappa shape index (κ2) is 6.10. The van der Waals surface area contributed by atoms with Crippen LogP contribution in [0.2, 0.25) is 5.02 Å². The quantitative estimate of drug-likeness (QED) is 0.900. The summed E-state index contributed by atoms with van der Waals surface area (Å²) in [6.07, 6.45) is 0.421. The highest BCUT2D eigenvalue weighted by atomic mass is 35.5. The molecule has 1 saturated heterocycles. The number of hydrogen-bond acceptors (Lipinski definition) is 3. The van der Waals surface area contributed by atoms with Crippen molar-refractivity contribution in [3.8, 4) is 0 Å². The molecule has 1 unspecified atom stereocenters. The number of ether oxygens (including phenoxy) is 1. The molecule has 0 aliphatic carbocycles. The third-order valence-electron chi connectivity index (χ3n) is 3.13. The van der Waals surface area contributed by atoms with Crippen LogP contribution in [0.5, 0.6) is 0 Å². The van der Waals surface area contributed by atoms with Gasteiger partial charge in [-0.2, -0.15) is 0 Å². The van der Waals surface area contributed by atoms with E-state index in [1.165, 1.54) is 6.07 Å². The van der Waals surface area contributed by atoms with Crippen molar-refractivity contribution in [3.05, 3.63) is 29.0 Å². The SMILES string of the molecule is CC(C)(C)OC(=O)N1CCC(Nc2ccc(Cl)cc2F)C1. The number of benzene rings is 1. The zero-order valence-corrected chi connectivity index (χ0v) is 13.2. The highest BCUT2D eigenvalue weighted by molar-refractivity contribution is 6.30. The van der Waals surface area contributed by atoms with Crippen LogP contribution in [0.25, 0.3) is 0 Å². The lowest BCUT2D eigenvalue weighted by molar-refractivity contribution is 0.0293. The Kier molecular flexibility index (Phi) is 4.61. The molecule has 1 fully saturated rings. The van der Waals surface area contributed by atoms with Gasteiger partial charge < -0.3 is 15.0 Å². The van der Waals surface area contributed by atoms with Crippen LogP contribution >= 0.6 is 11.6 Å². The van der Waals surface area contributed by atoms with E-state index in [4.69, 9.17) is 16.3 Å². The first-order valence-electron chi connectivity index (χ1n) is 6.94. The smallest absolute Gasteiger partial charge is 0.410 e. The minimum Gasteiger partial charge on any atom is -0.444 e. The Morgan fingerprint density at radius 1 is 1.48 bits per heavy atom. The molecule has 1 atom stereocenters. The predicted molar refractivity (Wildman–Crippen MR) is 81.2 cm³/mol. The first kappa shape index (κ1) is 15.9. The largest absolute Gasteiger partial charge is 0.444 e. The van der Waals surface area contributed by atoms with Gasteiger partial charge in [-0.25, -0.2) is 9.18 Å². The van der Waals surface area contributed by atoms with Gasteiger partial charge in [0.2, 0.25) is 0 Å². The molecule has 1 N–H and O–H groups in total. The molecular weight excluding hydrogens is 295 g/mol. The Balaban J connectivity index is 1.92. The summed E-state index contributed by atoms with van der Waals surface area (Å²) in [5, 5.41) is 3.46. The second-order valence-electron chi connectivity index (χ2n) is 6.18. The molecule has 1 aromatic rings. The van der Waals surface area contributed by atoms with Gasteiger partial charge in [0.1, 0.15) is 11.4 Å². The van der Waals surface area contributed by atoms with Gasteiger partial charge in [-0.3, -0.25) is 0 Å². The summed E-state index contributed by atoms with van der Waals surface area (Å²) in [7, 11) is 0. The summed E-state index contributed by atoms with van der Waals surface area (Å²) in [5.41, 5.74) is -0.110. The van der Waals surface area contributed by atoms with E-state index in [1.807, 2.05) is 20.8 Å². The van der Waals surface area contributed by atoms with Crippen LogP contribution < -0.4 is 5.32 Å². The van der Waals surface area contributed by atoms with Gasteiger partial charge in [0.25, 0.3) is 0 Å². The minimum absolute atomic E-state index is 0.00759. The van der Waals surface area contributed by atoms with E-state index in [9.17, 15) is 9.18 Å². The Labute approximate surface area is 129 Å². The van der Waals surface area contributed by atoms with Gasteiger partial charge >= 0.3 is 6.09 Å². The van der Waals surface area contributed by atoms with Crippen molar-refractivity contribution >= 4 is 23.4 Å². The molecule has 116 valence electrons. The van der Waals surface area contributed by atoms with Crippen LogP contribution in [0.4, 0.5) is 14.9 Å². The van der Waals surface area contributed by atoms with Crippen molar-refractivity contribution in [1.82, 2.24) is 4.90 Å². The average Bonchev–Trinajstić information content (AvgIpc) is 2.79. The van der Waals surface area contributed by atoms with Crippen molar-refractivity contribution in [2.45, 2.75) is 38.8 Å². The Morgan fingerprint density at radius 2 is 2.19 bits per heavy atom. The standard InChI is InChI=1S/C15H20ClFN2O2/c1-15(2,3)21-14(20)19-7-6-11(9-19)18-13-5-4-10(16)8-12(13)17/h4-5,8,11,18H,6-7,9H2,1-3H3. The molecule has 2 rings (SSSR count). The molecule has 1 aliphatic rings. The van der Waals surface area contributed by atoms with Gasteiger partial charge in [0, 0.05) is 24.2 Å². The van der Waals surface area contributed by atoms with Crippen LogP contribution in [-0.4, -0.2) is 35.7 Å². The monoisotopic (exact) mass is 314 g/mol. The van der Waals surface area contributed by atoms with E-state index in [-0.39, 0.29) is 12.1 Å². The minimum atomic E-state index is -0.509. The molecule has 1 aliphatic heterocycles. The lowest BCUT2D eigenvalue weighted by atomic mass is 10.2. The zero-order valence-electron chi connectivity index (χ0n) is 12.5. The molecule has 21 heavy (non-hydrogen) atoms. The number of amides is 1. The normalized spacial score (nSPS) is 18.7. The van der Waals surface area contributed by atoms with E-state index in [0.717, 1.165) is 6.42 Å². The second-order valence-corrected chi connectivity index (χ2v) is 6.62. The van der Waals surface area contributed by atoms with E-state index >= 15 is 0 Å². The summed E-state index contributed by atoms with van der Waals surface area (Å²) in [5.74, 6) is -0.391. The van der Waals surface area contributed by atoms with Gasteiger partial charge in [-0.05, 0) is 45.4 Å². The van der Waals surface area contributed by atoms with Crippen molar-refractivity contribution < 1.29 is 13.9 Å². The molecule has 1 amide bonds. The van der Waals surface area contributed by atoms with E-state index in [2.05, 4.69) is 5.32 Å². The molecule has 1 aromatic carbocycles. The zero-order chi connectivity index (χ0) is 15.6. The molecule has 0 bridgehead atoms. The van der Waals surface area contributed by atoms with Crippen LogP contribution in [0.15, 0.2) is 18.2 Å². The highest BCUT2D eigenvalue weighted by Crippen LogP contribution is 2.23. The summed E-state index contributed by atoms with van der Waals surface area (Å²) in [6, 6.07) is 4.51. The Hall–Kier alpha value is -1.49. The van der Waals surface area contributed by atoms with Crippen LogP contribution in [0.3, 0.4) is 0 Å². The number of halogens is 2. The average molecular weight is 315 g/mol. The maximum absolute atomic E-state index is 13.7. The number of nitrogens with one attached hydrogen (secondary N) is 1. The first-order valence-corrected chi connectivity index (χ1v) is 7.32. The van der Waals surface area contributed by atoms with Gasteiger partial charge in [-0.15, -0.1) is 0 Å². The summed E-state index contributed by atoms with van der Waals surface area (Å²) in [6.45, 7) is 6.60. The maximum atomic E-state index is 13.7. The van der Waals surface area contributed by atoms with Gasteiger partial charge in [0.05, 0.1) is 5.69 Å². The third kappa shape index (κ3) is 4.49. The lowest BCUT2D eigenvalue weighted by Gasteiger charge is -2.24. The molecule has 0 saturated carbocycles. The molecule has 0 radical (unpaired) electrons. The van der Waals surface area contributed by atoms with E-state index in [1.54, 1.807) is 17.0 Å². The number of likely N-dealkylation sites (tertiary alicyclic amines) is 1. The summed E-state index contributed by atoms with van der Waals surface area (Å²) >= 11 is 5.72. The fourth-order valence-corrected chi connectivity index (χ4v) is 2.36. The van der Waals surface area contributed by atoms with E-state index < -0.39 is 11.4 Å². The molecule has 1 heterocycles. The predicted octanol–water partition coefficient (Wildman–Crippen LogP) is 3.90. The lowest BCUT2D eigenvalue weighted by Crippen LogP contribution is -2.36. The molecule has 6 heteroatoms. The number of rotatable bonds is 2. The Bertz CT molecular complexity index is 531. The fourth-order valence-electron chi connectivity index (χ4n) is 2.20. The number of carbonyl (C=O) groups is 1. The number of carbonyl (C=O) groups excluding carboxylic acids is 1. The van der Waals surface area contributed by atoms with Crippen molar-refractivity contribution in [2.24, 2.45) is 0 Å². The van der Waals surface area contributed by atoms with Crippen molar-refractivity contribution in [1.29, 1.82) is 0 Å². The summed E-state index contributed by atoms with van der Waals surface area (Å²) in [4.78, 5) is 13.6. The number of anilines is 1. The summed E-state index contributed by atoms with van der Waals surface area (Å²) < 4.78 is 19.1. The molecular formula is C15H20ClFN2O2. The highest BCUT2D eigenvalue weighted by Gasteiger charge is 2.29. The van der Waals surface area contributed by atoms with Crippen LogP contribution in [0, 0.1) is 5.82 Å². The fraction of sp³-hybridized carbons (Fsp3) is 0.533. The van der Waals surface area contributed by atoms with Gasteiger partial charge in [-0.1, -0.05) is 11.6 Å². The first-order chi connectivity index (χ1) is 9.74. The molecule has 0 spiro atoms. The van der Waals surface area contributed by atoms with Crippen molar-refractivity contribution in [3.63, 3.8) is 0 Å². The number of hydrogen-bond donors (Lipinski definition) is 1. The van der Waals surface area contributed by atoms with Crippen molar-refractivity contribution in [2.75, 3.05) is 18.4 Å².